The average Bonchev–Trinajstić information content (AvgIpc) is 2.43. The van der Waals surface area contributed by atoms with E-state index in [1.807, 2.05) is 6.07 Å². The van der Waals surface area contributed by atoms with Crippen LogP contribution in [0.4, 0.5) is 4.39 Å². The third kappa shape index (κ3) is 3.47. The van der Waals surface area contributed by atoms with E-state index in [1.165, 1.54) is 7.11 Å². The van der Waals surface area contributed by atoms with Crippen molar-refractivity contribution in [3.8, 4) is 5.75 Å². The molecule has 0 aliphatic carbocycles. The molecule has 1 N–H and O–H groups in total. The summed E-state index contributed by atoms with van der Waals surface area (Å²) < 4.78 is 19.3. The fraction of sp³-hybridized carbons (Fsp3) is 0.429. The molecule has 0 bridgehead atoms. The highest BCUT2D eigenvalue weighted by Crippen LogP contribution is 2.29. The van der Waals surface area contributed by atoms with Gasteiger partial charge in [-0.3, -0.25) is 4.90 Å². The number of benzene rings is 1. The average molecular weight is 287 g/mol. The van der Waals surface area contributed by atoms with Gasteiger partial charge < -0.3 is 10.1 Å². The summed E-state index contributed by atoms with van der Waals surface area (Å²) in [5, 5.41) is 3.29. The molecule has 0 spiro atoms. The Balaban J connectivity index is 0.00000180. The van der Waals surface area contributed by atoms with E-state index < -0.39 is 0 Å². The number of rotatable bonds is 4. The van der Waals surface area contributed by atoms with Gasteiger partial charge in [0.1, 0.15) is 0 Å². The van der Waals surface area contributed by atoms with Crippen LogP contribution in [-0.2, 0) is 0 Å². The van der Waals surface area contributed by atoms with Gasteiger partial charge in [-0.2, -0.15) is 0 Å². The van der Waals surface area contributed by atoms with Gasteiger partial charge >= 0.3 is 0 Å². The largest absolute Gasteiger partial charge is 0.494 e. The smallest absolute Gasteiger partial charge is 0.170 e. The Morgan fingerprint density at radius 1 is 1.42 bits per heavy atom. The summed E-state index contributed by atoms with van der Waals surface area (Å²) in [7, 11) is 1.48. The van der Waals surface area contributed by atoms with Gasteiger partial charge in [-0.1, -0.05) is 18.2 Å². The zero-order chi connectivity index (χ0) is 13.0. The first-order chi connectivity index (χ1) is 8.77. The lowest BCUT2D eigenvalue weighted by molar-refractivity contribution is 0.199. The van der Waals surface area contributed by atoms with Crippen molar-refractivity contribution in [2.45, 2.75) is 6.04 Å². The van der Waals surface area contributed by atoms with Crippen LogP contribution in [0.15, 0.2) is 30.9 Å². The van der Waals surface area contributed by atoms with Gasteiger partial charge in [0.25, 0.3) is 0 Å². The molecule has 3 nitrogen and oxygen atoms in total. The predicted octanol–water partition coefficient (Wildman–Crippen LogP) is 2.39. The number of nitrogens with zero attached hydrogens (tertiary/aromatic N) is 1. The van der Waals surface area contributed by atoms with Crippen molar-refractivity contribution in [1.29, 1.82) is 0 Å². The Morgan fingerprint density at radius 3 is 2.68 bits per heavy atom. The quantitative estimate of drug-likeness (QED) is 0.860. The monoisotopic (exact) mass is 286 g/mol. The SMILES string of the molecule is C=C[C@H](c1cccc(OC)c1F)N1CCNCC1.Cl. The summed E-state index contributed by atoms with van der Waals surface area (Å²) in [5.41, 5.74) is 0.631. The molecule has 0 unspecified atom stereocenters. The molecule has 1 saturated heterocycles. The van der Waals surface area contributed by atoms with Gasteiger partial charge in [0.2, 0.25) is 0 Å². The summed E-state index contributed by atoms with van der Waals surface area (Å²) in [6, 6.07) is 5.15. The van der Waals surface area contributed by atoms with Gasteiger partial charge in [0.05, 0.1) is 13.2 Å². The van der Waals surface area contributed by atoms with Crippen LogP contribution >= 0.6 is 12.4 Å². The lowest BCUT2D eigenvalue weighted by Crippen LogP contribution is -2.44. The topological polar surface area (TPSA) is 24.5 Å². The second-order valence-electron chi connectivity index (χ2n) is 4.33. The minimum atomic E-state index is -0.288. The van der Waals surface area contributed by atoms with E-state index in [1.54, 1.807) is 18.2 Å². The molecular weight excluding hydrogens is 267 g/mol. The molecule has 0 aromatic heterocycles. The number of piperazine rings is 1. The molecule has 19 heavy (non-hydrogen) atoms. The molecule has 1 aromatic rings. The third-order valence-electron chi connectivity index (χ3n) is 3.30. The first-order valence-electron chi connectivity index (χ1n) is 6.17. The number of hydrogen-bond acceptors (Lipinski definition) is 3. The maximum atomic E-state index is 14.2. The zero-order valence-electron chi connectivity index (χ0n) is 11.1. The number of halogens is 2. The van der Waals surface area contributed by atoms with Crippen molar-refractivity contribution in [3.63, 3.8) is 0 Å². The van der Waals surface area contributed by atoms with E-state index in [4.69, 9.17) is 4.74 Å². The number of methoxy groups -OCH3 is 1. The van der Waals surface area contributed by atoms with Crippen molar-refractivity contribution in [2.75, 3.05) is 33.3 Å². The van der Waals surface area contributed by atoms with Crippen LogP contribution in [0, 0.1) is 5.82 Å². The number of ether oxygens (including phenoxy) is 1. The van der Waals surface area contributed by atoms with Crippen LogP contribution in [0.25, 0.3) is 0 Å². The Kier molecular flexibility index (Phi) is 6.28. The molecule has 0 saturated carbocycles. The molecular formula is C14H20ClFN2O. The molecule has 106 valence electrons. The van der Waals surface area contributed by atoms with Crippen molar-refractivity contribution < 1.29 is 9.13 Å². The van der Waals surface area contributed by atoms with Gasteiger partial charge in [0, 0.05) is 31.7 Å². The zero-order valence-corrected chi connectivity index (χ0v) is 11.9. The maximum Gasteiger partial charge on any atom is 0.170 e. The summed E-state index contributed by atoms with van der Waals surface area (Å²) in [5.74, 6) is -0.00193. The van der Waals surface area contributed by atoms with E-state index in [0.29, 0.717) is 5.56 Å². The van der Waals surface area contributed by atoms with Crippen LogP contribution in [-0.4, -0.2) is 38.2 Å². The standard InChI is InChI=1S/C14H19FN2O.ClH/c1-3-12(17-9-7-16-8-10-17)11-5-4-6-13(18-2)14(11)15;/h3-6,12,16H,1,7-10H2,2H3;1H/t12-;/m1./s1. The maximum absolute atomic E-state index is 14.2. The second kappa shape index (κ2) is 7.48. The molecule has 1 aromatic carbocycles. The highest BCUT2D eigenvalue weighted by Gasteiger charge is 2.23. The molecule has 0 amide bonds. The molecule has 5 heteroatoms. The highest BCUT2D eigenvalue weighted by molar-refractivity contribution is 5.85. The first-order valence-corrected chi connectivity index (χ1v) is 6.17. The Labute approximate surface area is 119 Å². The minimum absolute atomic E-state index is 0. The molecule has 1 heterocycles. The van der Waals surface area contributed by atoms with Crippen LogP contribution in [0.2, 0.25) is 0 Å². The second-order valence-corrected chi connectivity index (χ2v) is 4.33. The lowest BCUT2D eigenvalue weighted by atomic mass is 10.0. The van der Waals surface area contributed by atoms with Crippen LogP contribution in [0.1, 0.15) is 11.6 Å². The van der Waals surface area contributed by atoms with Crippen LogP contribution in [0.5, 0.6) is 5.75 Å². The van der Waals surface area contributed by atoms with E-state index in [2.05, 4.69) is 16.8 Å². The molecule has 2 rings (SSSR count). The normalized spacial score (nSPS) is 17.4. The lowest BCUT2D eigenvalue weighted by Gasteiger charge is -2.33. The van der Waals surface area contributed by atoms with Gasteiger partial charge in [-0.05, 0) is 6.07 Å². The summed E-state index contributed by atoms with van der Waals surface area (Å²) in [4.78, 5) is 2.22. The van der Waals surface area contributed by atoms with Gasteiger partial charge in [0.15, 0.2) is 11.6 Å². The summed E-state index contributed by atoms with van der Waals surface area (Å²) in [6.07, 6.45) is 1.79. The molecule has 0 radical (unpaired) electrons. The minimum Gasteiger partial charge on any atom is -0.494 e. The van der Waals surface area contributed by atoms with Crippen molar-refractivity contribution in [2.24, 2.45) is 0 Å². The molecule has 1 atom stereocenters. The highest BCUT2D eigenvalue weighted by atomic mass is 35.5. The molecule has 1 aliphatic rings. The predicted molar refractivity (Wildman–Crippen MR) is 77.6 cm³/mol. The Morgan fingerprint density at radius 2 is 2.11 bits per heavy atom. The fourth-order valence-electron chi connectivity index (χ4n) is 2.35. The fourth-order valence-corrected chi connectivity index (χ4v) is 2.35. The number of hydrogen-bond donors (Lipinski definition) is 1. The van der Waals surface area contributed by atoms with Gasteiger partial charge in [-0.15, -0.1) is 19.0 Å². The Bertz CT molecular complexity index is 422. The van der Waals surface area contributed by atoms with Crippen LogP contribution in [0.3, 0.4) is 0 Å². The molecule has 1 aliphatic heterocycles. The Hall–Kier alpha value is -1.10. The summed E-state index contributed by atoms with van der Waals surface area (Å²) in [6.45, 7) is 7.49. The molecule has 1 fully saturated rings. The first kappa shape index (κ1) is 16.0. The number of nitrogens with one attached hydrogen (secondary N) is 1. The van der Waals surface area contributed by atoms with E-state index in [0.717, 1.165) is 26.2 Å². The van der Waals surface area contributed by atoms with E-state index in [-0.39, 0.29) is 30.0 Å². The van der Waals surface area contributed by atoms with Crippen LogP contribution < -0.4 is 10.1 Å². The van der Waals surface area contributed by atoms with Gasteiger partial charge in [-0.25, -0.2) is 4.39 Å². The van der Waals surface area contributed by atoms with Crippen molar-refractivity contribution in [3.05, 3.63) is 42.2 Å². The van der Waals surface area contributed by atoms with E-state index >= 15 is 0 Å². The van der Waals surface area contributed by atoms with Crippen molar-refractivity contribution in [1.82, 2.24) is 10.2 Å². The van der Waals surface area contributed by atoms with Crippen molar-refractivity contribution >= 4 is 12.4 Å². The van der Waals surface area contributed by atoms with E-state index in [9.17, 15) is 4.39 Å². The summed E-state index contributed by atoms with van der Waals surface area (Å²) >= 11 is 0. The third-order valence-corrected chi connectivity index (χ3v) is 3.30.